The number of carbonyl (C=O) groups is 2. The van der Waals surface area contributed by atoms with Gasteiger partial charge in [0, 0.05) is 0 Å². The Bertz CT molecular complexity index is 936. The molecule has 1 aliphatic rings. The number of carbonyl (C=O) groups excluding carboxylic acids is 2. The van der Waals surface area contributed by atoms with Crippen molar-refractivity contribution in [2.24, 2.45) is 5.92 Å². The van der Waals surface area contributed by atoms with Crippen LogP contribution in [0.15, 0.2) is 48.5 Å². The average molecular weight is 467 g/mol. The highest BCUT2D eigenvalue weighted by Crippen LogP contribution is 2.37. The number of aryl methyl sites for hydroxylation is 2. The number of hydrogen-bond acceptors (Lipinski definition) is 6. The second-order valence-corrected chi connectivity index (χ2v) is 9.01. The van der Waals surface area contributed by atoms with Crippen LogP contribution in [0.2, 0.25) is 0 Å². The predicted octanol–water partition coefficient (Wildman–Crippen LogP) is 6.04. The third-order valence-corrected chi connectivity index (χ3v) is 6.09. The molecule has 0 saturated heterocycles. The van der Waals surface area contributed by atoms with Crippen LogP contribution in [0.4, 0.5) is 0 Å². The van der Waals surface area contributed by atoms with E-state index >= 15 is 0 Å². The van der Waals surface area contributed by atoms with Gasteiger partial charge in [-0.1, -0.05) is 57.9 Å². The smallest absolute Gasteiger partial charge is 0.292 e. The Kier molecular flexibility index (Phi) is 9.25. The summed E-state index contributed by atoms with van der Waals surface area (Å²) in [6, 6.07) is 14.4. The van der Waals surface area contributed by atoms with Gasteiger partial charge < -0.3 is 0 Å². The van der Waals surface area contributed by atoms with E-state index in [4.69, 9.17) is 19.6 Å². The van der Waals surface area contributed by atoms with Gasteiger partial charge in [0.25, 0.3) is 0 Å². The molecule has 1 saturated carbocycles. The van der Waals surface area contributed by atoms with Crippen LogP contribution in [-0.2, 0) is 32.4 Å². The Morgan fingerprint density at radius 2 is 1.38 bits per heavy atom. The predicted molar refractivity (Wildman–Crippen MR) is 128 cm³/mol. The van der Waals surface area contributed by atoms with Crippen molar-refractivity contribution in [3.63, 3.8) is 0 Å². The lowest BCUT2D eigenvalue weighted by Crippen LogP contribution is -2.48. The average Bonchev–Trinajstić information content (AvgIpc) is 2.84. The molecule has 0 N–H and O–H groups in total. The summed E-state index contributed by atoms with van der Waals surface area (Å²) in [5, 5.41) is 0. The largest absolute Gasteiger partial charge is 0.373 e. The normalized spacial score (nSPS) is 22.2. The van der Waals surface area contributed by atoms with E-state index in [9.17, 15) is 9.59 Å². The van der Waals surface area contributed by atoms with Crippen LogP contribution in [-0.4, -0.2) is 23.6 Å². The highest BCUT2D eigenvalue weighted by molar-refractivity contribution is 5.89. The molecular weight excluding hydrogens is 432 g/mol. The molecule has 2 radical (unpaired) electrons. The fraction of sp³-hybridized carbons (Fsp3) is 0.429. The van der Waals surface area contributed by atoms with Gasteiger partial charge in [-0.2, -0.15) is 9.78 Å². The minimum atomic E-state index is -1.22. The van der Waals surface area contributed by atoms with E-state index in [1.165, 1.54) is 0 Å². The molecule has 3 atom stereocenters. The fourth-order valence-corrected chi connectivity index (χ4v) is 3.98. The van der Waals surface area contributed by atoms with Gasteiger partial charge in [-0.25, -0.2) is 9.59 Å². The summed E-state index contributed by atoms with van der Waals surface area (Å²) in [6.45, 7) is 12.4. The molecule has 1 fully saturated rings. The molecule has 0 bridgehead atoms. The van der Waals surface area contributed by atoms with Gasteiger partial charge in [-0.3, -0.25) is 9.78 Å². The maximum Gasteiger partial charge on any atom is 0.373 e. The fourth-order valence-electron chi connectivity index (χ4n) is 3.98. The lowest BCUT2D eigenvalue weighted by molar-refractivity contribution is -0.380. The van der Waals surface area contributed by atoms with Crippen LogP contribution < -0.4 is 0 Å². The first-order chi connectivity index (χ1) is 16.3. The second kappa shape index (κ2) is 12.1. The van der Waals surface area contributed by atoms with Crippen LogP contribution in [0.3, 0.4) is 0 Å². The lowest BCUT2D eigenvalue weighted by atomic mass is 9.78. The molecule has 34 heavy (non-hydrogen) atoms. The summed E-state index contributed by atoms with van der Waals surface area (Å²) in [6.07, 6.45) is 4.78. The summed E-state index contributed by atoms with van der Waals surface area (Å²) >= 11 is 0. The van der Waals surface area contributed by atoms with E-state index in [1.54, 1.807) is 24.3 Å². The zero-order valence-electron chi connectivity index (χ0n) is 20.1. The topological polar surface area (TPSA) is 71.1 Å². The highest BCUT2D eigenvalue weighted by Gasteiger charge is 2.45. The van der Waals surface area contributed by atoms with Gasteiger partial charge in [0.1, 0.15) is 11.7 Å². The molecule has 0 aromatic heterocycles. The zero-order valence-corrected chi connectivity index (χ0v) is 20.1. The molecule has 182 valence electrons. The quantitative estimate of drug-likeness (QED) is 0.314. The standard InChI is InChI=1S/C28H34O6/c1-5-7-21-9-13-23(14-10-21)26(29)32-31-25-19-20(3)17-18-28(25,4)34-33-27(30)24-15-11-22(8-6-2)12-16-24/h9-16,20,25H,3-8,17-19H2,1-2H3. The monoisotopic (exact) mass is 466 g/mol. The van der Waals surface area contributed by atoms with Crippen molar-refractivity contribution in [2.75, 3.05) is 0 Å². The third-order valence-electron chi connectivity index (χ3n) is 6.09. The van der Waals surface area contributed by atoms with Crippen molar-refractivity contribution in [1.82, 2.24) is 0 Å². The molecule has 2 aromatic carbocycles. The first-order valence-corrected chi connectivity index (χ1v) is 12.0. The molecule has 0 heterocycles. The first kappa shape index (κ1) is 25.9. The molecule has 6 nitrogen and oxygen atoms in total. The Morgan fingerprint density at radius 3 is 1.88 bits per heavy atom. The maximum absolute atomic E-state index is 12.5. The molecule has 2 aromatic rings. The Morgan fingerprint density at radius 1 is 0.882 bits per heavy atom. The Hall–Kier alpha value is -2.70. The van der Waals surface area contributed by atoms with E-state index in [0.717, 1.165) is 36.8 Å². The van der Waals surface area contributed by atoms with E-state index in [-0.39, 0.29) is 5.92 Å². The van der Waals surface area contributed by atoms with Crippen LogP contribution in [0.1, 0.15) is 77.8 Å². The molecular formula is C28H34O6. The number of rotatable bonds is 10. The van der Waals surface area contributed by atoms with Gasteiger partial charge in [0.05, 0.1) is 11.1 Å². The minimum absolute atomic E-state index is 0.0670. The van der Waals surface area contributed by atoms with Gasteiger partial charge >= 0.3 is 11.9 Å². The number of benzene rings is 2. The van der Waals surface area contributed by atoms with E-state index in [0.29, 0.717) is 30.4 Å². The van der Waals surface area contributed by atoms with Crippen molar-refractivity contribution in [2.45, 2.75) is 70.5 Å². The molecule has 6 heteroatoms. The summed E-state index contributed by atoms with van der Waals surface area (Å²) < 4.78 is 0. The first-order valence-electron chi connectivity index (χ1n) is 12.0. The lowest BCUT2D eigenvalue weighted by Gasteiger charge is -2.39. The minimum Gasteiger partial charge on any atom is -0.292 e. The highest BCUT2D eigenvalue weighted by atomic mass is 17.2. The molecule has 3 unspecified atom stereocenters. The zero-order chi connectivity index (χ0) is 24.6. The maximum atomic E-state index is 12.5. The van der Waals surface area contributed by atoms with Crippen LogP contribution in [0, 0.1) is 19.8 Å². The summed E-state index contributed by atoms with van der Waals surface area (Å²) in [5.41, 5.74) is 1.84. The summed E-state index contributed by atoms with van der Waals surface area (Å²) in [7, 11) is 0. The SMILES string of the molecule is [CH2]C1CCC([CH2])(OOC(=O)c2ccc(CCC)cc2)C(OOC(=O)c2ccc(CCC)cc2)C1. The van der Waals surface area contributed by atoms with E-state index < -0.39 is 23.6 Å². The van der Waals surface area contributed by atoms with Crippen molar-refractivity contribution in [3.05, 3.63) is 84.6 Å². The summed E-state index contributed by atoms with van der Waals surface area (Å²) in [4.78, 5) is 46.2. The second-order valence-electron chi connectivity index (χ2n) is 9.01. The Labute approximate surface area is 202 Å². The van der Waals surface area contributed by atoms with Crippen molar-refractivity contribution in [1.29, 1.82) is 0 Å². The van der Waals surface area contributed by atoms with Crippen LogP contribution >= 0.6 is 0 Å². The van der Waals surface area contributed by atoms with Crippen molar-refractivity contribution < 1.29 is 29.1 Å². The van der Waals surface area contributed by atoms with Crippen LogP contribution in [0.25, 0.3) is 0 Å². The van der Waals surface area contributed by atoms with Gasteiger partial charge in [0.15, 0.2) is 0 Å². The molecule has 1 aliphatic carbocycles. The van der Waals surface area contributed by atoms with Crippen molar-refractivity contribution in [3.8, 4) is 0 Å². The van der Waals surface area contributed by atoms with Crippen LogP contribution in [0.5, 0.6) is 0 Å². The number of hydrogen-bond donors (Lipinski definition) is 0. The van der Waals surface area contributed by atoms with E-state index in [1.807, 2.05) is 24.3 Å². The van der Waals surface area contributed by atoms with Gasteiger partial charge in [-0.15, -0.1) is 0 Å². The molecule has 0 amide bonds. The third kappa shape index (κ3) is 6.90. The summed E-state index contributed by atoms with van der Waals surface area (Å²) in [5.74, 6) is -1.16. The van der Waals surface area contributed by atoms with Gasteiger partial charge in [0.2, 0.25) is 0 Å². The van der Waals surface area contributed by atoms with Gasteiger partial charge in [-0.05, 0) is 80.3 Å². The Balaban J connectivity index is 1.59. The molecule has 0 aliphatic heterocycles. The van der Waals surface area contributed by atoms with E-state index in [2.05, 4.69) is 27.7 Å². The van der Waals surface area contributed by atoms with Crippen molar-refractivity contribution >= 4 is 11.9 Å². The molecule has 0 spiro atoms. The molecule has 3 rings (SSSR count).